The molecule has 0 unspecified atom stereocenters. The Labute approximate surface area is 218 Å². The average Bonchev–Trinajstić information content (AvgIpc) is 3.38. The van der Waals surface area contributed by atoms with Crippen LogP contribution in [0.5, 0.6) is 0 Å². The molecule has 37 heavy (non-hydrogen) atoms. The third-order valence-electron chi connectivity index (χ3n) is 7.47. The molecule has 194 valence electrons. The van der Waals surface area contributed by atoms with Gasteiger partial charge in [-0.25, -0.2) is 13.4 Å². The van der Waals surface area contributed by atoms with Crippen molar-refractivity contribution in [3.05, 3.63) is 58.0 Å². The van der Waals surface area contributed by atoms with Gasteiger partial charge in [0.25, 0.3) is 5.56 Å². The van der Waals surface area contributed by atoms with Crippen LogP contribution >= 0.6 is 0 Å². The van der Waals surface area contributed by atoms with Gasteiger partial charge >= 0.3 is 0 Å². The largest absolute Gasteiger partial charge is 0.324 e. The van der Waals surface area contributed by atoms with E-state index in [2.05, 4.69) is 33.3 Å². The second-order valence-electron chi connectivity index (χ2n) is 10.4. The molecule has 1 aliphatic heterocycles. The van der Waals surface area contributed by atoms with Crippen molar-refractivity contribution in [2.24, 2.45) is 5.92 Å². The summed E-state index contributed by atoms with van der Waals surface area (Å²) in [5, 5.41) is 4.02. The van der Waals surface area contributed by atoms with E-state index in [9.17, 15) is 13.2 Å². The summed E-state index contributed by atoms with van der Waals surface area (Å²) in [5.74, 6) is 3.56. The molecule has 9 heteroatoms. The lowest BCUT2D eigenvalue weighted by atomic mass is 9.98. The van der Waals surface area contributed by atoms with Crippen molar-refractivity contribution in [3.63, 3.8) is 0 Å². The normalized spacial score (nSPS) is 17.7. The zero-order chi connectivity index (χ0) is 26.0. The number of anilines is 2. The molecule has 1 saturated heterocycles. The number of aromatic nitrogens is 3. The topological polar surface area (TPSA) is 97.2 Å². The van der Waals surface area contributed by atoms with Crippen molar-refractivity contribution in [3.8, 4) is 12.3 Å². The van der Waals surface area contributed by atoms with Gasteiger partial charge in [0.1, 0.15) is 15.5 Å². The molecule has 5 rings (SSSR count). The molecule has 1 N–H and O–H groups in total. The van der Waals surface area contributed by atoms with Crippen LogP contribution in [0.2, 0.25) is 0 Å². The van der Waals surface area contributed by atoms with Crippen LogP contribution < -0.4 is 10.9 Å². The third kappa shape index (κ3) is 6.03. The van der Waals surface area contributed by atoms with Crippen LogP contribution in [0.4, 0.5) is 11.6 Å². The van der Waals surface area contributed by atoms with E-state index in [0.29, 0.717) is 22.5 Å². The molecule has 1 saturated carbocycles. The molecule has 1 aromatic carbocycles. The van der Waals surface area contributed by atoms with Crippen molar-refractivity contribution in [2.45, 2.75) is 51.1 Å². The van der Waals surface area contributed by atoms with Crippen molar-refractivity contribution in [2.75, 3.05) is 30.4 Å². The Morgan fingerprint density at radius 1 is 1.14 bits per heavy atom. The molecule has 1 aliphatic carbocycles. The van der Waals surface area contributed by atoms with Crippen LogP contribution in [0.25, 0.3) is 11.0 Å². The van der Waals surface area contributed by atoms with Crippen LogP contribution in [-0.2, 0) is 16.4 Å². The van der Waals surface area contributed by atoms with E-state index in [1.165, 1.54) is 12.3 Å². The van der Waals surface area contributed by atoms with Crippen molar-refractivity contribution >= 4 is 32.5 Å². The van der Waals surface area contributed by atoms with Gasteiger partial charge in [-0.05, 0) is 62.4 Å². The van der Waals surface area contributed by atoms with E-state index in [4.69, 9.17) is 11.4 Å². The van der Waals surface area contributed by atoms with Gasteiger partial charge in [-0.2, -0.15) is 4.98 Å². The van der Waals surface area contributed by atoms with Crippen LogP contribution in [0.3, 0.4) is 0 Å². The second-order valence-corrected chi connectivity index (χ2v) is 12.6. The standard InChI is InChI=1S/C28H33N5O3S/c1-3-22-16-26(34)33(24-9-4-5-10-24)27-25(22)17-29-28(31-27)30-23-8-6-7-21(15-23)18-32-13-11-20(12-14-32)19-37(2,35)36/h1,6-8,15-17,20,24H,4-5,9-14,18-19H2,2H3,(H,29,30,31). The van der Waals surface area contributed by atoms with Gasteiger partial charge in [-0.15, -0.1) is 6.42 Å². The number of sulfone groups is 1. The average molecular weight is 520 g/mol. The van der Waals surface area contributed by atoms with E-state index in [-0.39, 0.29) is 23.3 Å². The van der Waals surface area contributed by atoms with Gasteiger partial charge in [0.2, 0.25) is 5.95 Å². The Kier molecular flexibility index (Phi) is 7.31. The maximum Gasteiger partial charge on any atom is 0.253 e. The highest BCUT2D eigenvalue weighted by Gasteiger charge is 2.23. The fourth-order valence-electron chi connectivity index (χ4n) is 5.69. The number of pyridine rings is 1. The maximum absolute atomic E-state index is 12.9. The molecule has 0 bridgehead atoms. The highest BCUT2D eigenvalue weighted by Crippen LogP contribution is 2.31. The van der Waals surface area contributed by atoms with Crippen molar-refractivity contribution < 1.29 is 8.42 Å². The van der Waals surface area contributed by atoms with Gasteiger partial charge in [-0.3, -0.25) is 14.3 Å². The Hall–Kier alpha value is -3.22. The molecular formula is C28H33N5O3S. The first kappa shape index (κ1) is 25.4. The molecule has 3 aromatic rings. The molecule has 2 fully saturated rings. The summed E-state index contributed by atoms with van der Waals surface area (Å²) in [6, 6.07) is 9.79. The summed E-state index contributed by atoms with van der Waals surface area (Å²) in [4.78, 5) is 24.6. The first-order valence-electron chi connectivity index (χ1n) is 12.9. The minimum Gasteiger partial charge on any atom is -0.324 e. The van der Waals surface area contributed by atoms with E-state index in [1.807, 2.05) is 12.1 Å². The van der Waals surface area contributed by atoms with Gasteiger partial charge in [-0.1, -0.05) is 30.9 Å². The number of rotatable bonds is 7. The number of hydrogen-bond donors (Lipinski definition) is 1. The monoisotopic (exact) mass is 519 g/mol. The molecule has 2 aliphatic rings. The molecule has 0 amide bonds. The Morgan fingerprint density at radius 2 is 1.89 bits per heavy atom. The molecule has 0 spiro atoms. The Balaban J connectivity index is 1.33. The number of fused-ring (bicyclic) bond motifs is 1. The Bertz CT molecular complexity index is 1490. The smallest absolute Gasteiger partial charge is 0.253 e. The van der Waals surface area contributed by atoms with E-state index < -0.39 is 9.84 Å². The molecule has 0 radical (unpaired) electrons. The number of nitrogens with zero attached hydrogens (tertiary/aromatic N) is 4. The highest BCUT2D eigenvalue weighted by atomic mass is 32.2. The van der Waals surface area contributed by atoms with Crippen LogP contribution in [0.15, 0.2) is 41.3 Å². The fourth-order valence-corrected chi connectivity index (χ4v) is 6.88. The van der Waals surface area contributed by atoms with Crippen molar-refractivity contribution in [1.82, 2.24) is 19.4 Å². The Morgan fingerprint density at radius 3 is 2.59 bits per heavy atom. The summed E-state index contributed by atoms with van der Waals surface area (Å²) < 4.78 is 25.0. The second kappa shape index (κ2) is 10.6. The number of likely N-dealkylation sites (tertiary alicyclic amines) is 1. The van der Waals surface area contributed by atoms with Crippen LogP contribution in [0, 0.1) is 18.3 Å². The van der Waals surface area contributed by atoms with Crippen LogP contribution in [0.1, 0.15) is 55.7 Å². The van der Waals surface area contributed by atoms with E-state index >= 15 is 0 Å². The predicted octanol–water partition coefficient (Wildman–Crippen LogP) is 3.89. The molecule has 2 aromatic heterocycles. The molecule has 3 heterocycles. The number of benzene rings is 1. The molecular weight excluding hydrogens is 486 g/mol. The zero-order valence-corrected chi connectivity index (χ0v) is 22.0. The van der Waals surface area contributed by atoms with E-state index in [0.717, 1.165) is 69.4 Å². The van der Waals surface area contributed by atoms with Gasteiger partial charge in [0.05, 0.1) is 11.1 Å². The number of hydrogen-bond acceptors (Lipinski definition) is 7. The lowest BCUT2D eigenvalue weighted by molar-refractivity contribution is 0.186. The maximum atomic E-state index is 12.9. The van der Waals surface area contributed by atoms with Gasteiger partial charge in [0, 0.05) is 42.4 Å². The van der Waals surface area contributed by atoms with Gasteiger partial charge < -0.3 is 5.32 Å². The minimum atomic E-state index is -2.93. The summed E-state index contributed by atoms with van der Waals surface area (Å²) in [5.41, 5.74) is 3.01. The third-order valence-corrected chi connectivity index (χ3v) is 8.55. The van der Waals surface area contributed by atoms with Crippen LogP contribution in [-0.4, -0.2) is 53.0 Å². The minimum absolute atomic E-state index is 0.112. The number of nitrogens with one attached hydrogen (secondary N) is 1. The molecule has 8 nitrogen and oxygen atoms in total. The quantitative estimate of drug-likeness (QED) is 0.473. The number of piperidine rings is 1. The summed E-state index contributed by atoms with van der Waals surface area (Å²) in [6.07, 6.45) is 14.6. The predicted molar refractivity (Wildman–Crippen MR) is 147 cm³/mol. The van der Waals surface area contributed by atoms with Gasteiger partial charge in [0.15, 0.2) is 0 Å². The SMILES string of the molecule is C#Cc1cc(=O)n(C2CCCC2)c2nc(Nc3cccc(CN4CCC(CS(C)(=O)=O)CC4)c3)ncc12. The van der Waals surface area contributed by atoms with Crippen molar-refractivity contribution in [1.29, 1.82) is 0 Å². The first-order chi connectivity index (χ1) is 17.8. The highest BCUT2D eigenvalue weighted by molar-refractivity contribution is 7.90. The zero-order valence-electron chi connectivity index (χ0n) is 21.2. The fraction of sp³-hybridized carbons (Fsp3) is 0.464. The summed E-state index contributed by atoms with van der Waals surface area (Å²) >= 11 is 0. The lowest BCUT2D eigenvalue weighted by Gasteiger charge is -2.31. The summed E-state index contributed by atoms with van der Waals surface area (Å²) in [7, 11) is -2.93. The first-order valence-corrected chi connectivity index (χ1v) is 15.0. The lowest BCUT2D eigenvalue weighted by Crippen LogP contribution is -2.35. The van der Waals surface area contributed by atoms with E-state index in [1.54, 1.807) is 10.8 Å². The molecule has 0 atom stereocenters. The number of terminal acetylenes is 1. The summed E-state index contributed by atoms with van der Waals surface area (Å²) in [6.45, 7) is 2.58.